The van der Waals surface area contributed by atoms with Crippen LogP contribution in [0.5, 0.6) is 0 Å². The number of hydrogen-bond donors (Lipinski definition) is 1. The average Bonchev–Trinajstić information content (AvgIpc) is 1.90. The second-order valence-electron chi connectivity index (χ2n) is 1.98. The molecule has 0 aliphatic rings. The third-order valence-electron chi connectivity index (χ3n) is 1.32. The van der Waals surface area contributed by atoms with Gasteiger partial charge >= 0.3 is 0 Å². The van der Waals surface area contributed by atoms with E-state index in [1.807, 2.05) is 6.92 Å². The van der Waals surface area contributed by atoms with Crippen LogP contribution in [0, 0.1) is 5.82 Å². The molecule has 0 aliphatic heterocycles. The average molecular weight is 141 g/mol. The number of aryl methyl sites for hydroxylation is 1. The summed E-state index contributed by atoms with van der Waals surface area (Å²) in [4.78, 5) is 0. The Labute approximate surface area is 60.5 Å². The Balaban J connectivity index is 0.000000810. The van der Waals surface area contributed by atoms with E-state index in [1.165, 1.54) is 17.7 Å². The summed E-state index contributed by atoms with van der Waals surface area (Å²) in [6.45, 7) is 2.05. The van der Waals surface area contributed by atoms with Crippen molar-refractivity contribution >= 4 is 0 Å². The van der Waals surface area contributed by atoms with Crippen molar-refractivity contribution in [3.05, 3.63) is 35.6 Å². The molecule has 56 valence electrons. The molecular weight excluding hydrogens is 129 g/mol. The lowest BCUT2D eigenvalue weighted by Gasteiger charge is -1.92. The van der Waals surface area contributed by atoms with Gasteiger partial charge in [-0.1, -0.05) is 19.1 Å². The summed E-state index contributed by atoms with van der Waals surface area (Å²) in [7, 11) is 0. The van der Waals surface area contributed by atoms with Gasteiger partial charge in [0.1, 0.15) is 5.82 Å². The van der Waals surface area contributed by atoms with Gasteiger partial charge in [0.2, 0.25) is 0 Å². The summed E-state index contributed by atoms with van der Waals surface area (Å²) in [5.41, 5.74) is 1.18. The van der Waals surface area contributed by atoms with Crippen molar-refractivity contribution in [3.63, 3.8) is 0 Å². The van der Waals surface area contributed by atoms with E-state index in [-0.39, 0.29) is 12.0 Å². The van der Waals surface area contributed by atoms with Gasteiger partial charge in [0, 0.05) is 0 Å². The highest BCUT2D eigenvalue weighted by Gasteiger charge is 1.87. The maximum absolute atomic E-state index is 12.2. The predicted octanol–water partition coefficient (Wildman–Crippen LogP) is 2.55. The van der Waals surface area contributed by atoms with Crippen LogP contribution >= 0.6 is 0 Å². The van der Waals surface area contributed by atoms with Crippen molar-refractivity contribution in [2.24, 2.45) is 0 Å². The Morgan fingerprint density at radius 1 is 1.20 bits per heavy atom. The van der Waals surface area contributed by atoms with E-state index in [9.17, 15) is 4.39 Å². The molecule has 0 amide bonds. The monoisotopic (exact) mass is 141 g/mol. The summed E-state index contributed by atoms with van der Waals surface area (Å²) in [5, 5.41) is 0. The molecule has 1 rings (SSSR count). The fourth-order valence-corrected chi connectivity index (χ4v) is 0.720. The number of benzene rings is 1. The van der Waals surface area contributed by atoms with E-state index in [4.69, 9.17) is 0 Å². The van der Waals surface area contributed by atoms with E-state index >= 15 is 0 Å². The zero-order chi connectivity index (χ0) is 6.69. The maximum atomic E-state index is 12.2. The normalized spacial score (nSPS) is 8.60. The molecule has 0 bridgehead atoms. The molecule has 0 aliphatic carbocycles. The standard InChI is InChI=1S/C8H9F.H3N/c1-2-7-3-5-8(9)6-4-7;/h3-6H,2H2,1H3;1H3. The van der Waals surface area contributed by atoms with Gasteiger partial charge in [-0.25, -0.2) is 4.39 Å². The second-order valence-corrected chi connectivity index (χ2v) is 1.98. The van der Waals surface area contributed by atoms with Gasteiger partial charge in [-0.3, -0.25) is 0 Å². The van der Waals surface area contributed by atoms with Crippen molar-refractivity contribution in [3.8, 4) is 0 Å². The zero-order valence-electron chi connectivity index (χ0n) is 6.10. The van der Waals surface area contributed by atoms with Gasteiger partial charge in [0.25, 0.3) is 0 Å². The van der Waals surface area contributed by atoms with Crippen molar-refractivity contribution in [1.29, 1.82) is 0 Å². The third kappa shape index (κ3) is 2.15. The molecule has 0 aromatic heterocycles. The summed E-state index contributed by atoms with van der Waals surface area (Å²) in [6.07, 6.45) is 0.972. The zero-order valence-corrected chi connectivity index (χ0v) is 6.10. The Bertz CT molecular complexity index is 181. The predicted molar refractivity (Wildman–Crippen MR) is 40.8 cm³/mol. The molecule has 0 saturated carbocycles. The summed E-state index contributed by atoms with van der Waals surface area (Å²) < 4.78 is 12.2. The highest BCUT2D eigenvalue weighted by Crippen LogP contribution is 2.01. The van der Waals surface area contributed by atoms with Gasteiger partial charge in [-0.2, -0.15) is 0 Å². The highest BCUT2D eigenvalue weighted by atomic mass is 19.1. The Kier molecular flexibility index (Phi) is 3.65. The highest BCUT2D eigenvalue weighted by molar-refractivity contribution is 5.15. The molecule has 10 heavy (non-hydrogen) atoms. The molecule has 0 spiro atoms. The first kappa shape index (κ1) is 9.11. The first-order chi connectivity index (χ1) is 4.33. The topological polar surface area (TPSA) is 35.0 Å². The molecule has 0 unspecified atom stereocenters. The first-order valence-electron chi connectivity index (χ1n) is 3.07. The van der Waals surface area contributed by atoms with Crippen LogP contribution in [0.25, 0.3) is 0 Å². The summed E-state index contributed by atoms with van der Waals surface area (Å²) >= 11 is 0. The van der Waals surface area contributed by atoms with Crippen molar-refractivity contribution in [2.45, 2.75) is 13.3 Å². The summed E-state index contributed by atoms with van der Waals surface area (Å²) in [5.74, 6) is -0.160. The van der Waals surface area contributed by atoms with Crippen LogP contribution in [0.2, 0.25) is 0 Å². The number of hydrogen-bond acceptors (Lipinski definition) is 1. The van der Waals surface area contributed by atoms with E-state index in [1.54, 1.807) is 12.1 Å². The van der Waals surface area contributed by atoms with Crippen LogP contribution in [0.3, 0.4) is 0 Å². The van der Waals surface area contributed by atoms with E-state index in [0.717, 1.165) is 6.42 Å². The van der Waals surface area contributed by atoms with Crippen LogP contribution in [0.15, 0.2) is 24.3 Å². The quantitative estimate of drug-likeness (QED) is 0.640. The van der Waals surface area contributed by atoms with Gasteiger partial charge in [0.15, 0.2) is 0 Å². The molecular formula is C8H12FN. The molecule has 0 atom stereocenters. The lowest BCUT2D eigenvalue weighted by molar-refractivity contribution is 0.627. The minimum Gasteiger partial charge on any atom is -0.344 e. The fourth-order valence-electron chi connectivity index (χ4n) is 0.720. The lowest BCUT2D eigenvalue weighted by Crippen LogP contribution is -1.78. The molecule has 0 heterocycles. The fraction of sp³-hybridized carbons (Fsp3) is 0.250. The SMILES string of the molecule is CCc1ccc(F)cc1.N. The Morgan fingerprint density at radius 2 is 1.70 bits per heavy atom. The first-order valence-corrected chi connectivity index (χ1v) is 3.07. The second kappa shape index (κ2) is 4.01. The van der Waals surface area contributed by atoms with Crippen LogP contribution in [-0.2, 0) is 6.42 Å². The molecule has 2 heteroatoms. The summed E-state index contributed by atoms with van der Waals surface area (Å²) in [6, 6.07) is 6.57. The van der Waals surface area contributed by atoms with Crippen molar-refractivity contribution in [1.82, 2.24) is 6.15 Å². The Hall–Kier alpha value is -0.890. The number of halogens is 1. The molecule has 3 N–H and O–H groups in total. The van der Waals surface area contributed by atoms with E-state index < -0.39 is 0 Å². The molecule has 0 radical (unpaired) electrons. The van der Waals surface area contributed by atoms with Crippen molar-refractivity contribution in [2.75, 3.05) is 0 Å². The van der Waals surface area contributed by atoms with Gasteiger partial charge < -0.3 is 6.15 Å². The van der Waals surface area contributed by atoms with Crippen LogP contribution in [0.1, 0.15) is 12.5 Å². The molecule has 0 fully saturated rings. The van der Waals surface area contributed by atoms with Crippen LogP contribution in [0.4, 0.5) is 4.39 Å². The van der Waals surface area contributed by atoms with E-state index in [2.05, 4.69) is 0 Å². The lowest BCUT2D eigenvalue weighted by atomic mass is 10.2. The van der Waals surface area contributed by atoms with Gasteiger partial charge in [-0.15, -0.1) is 0 Å². The number of rotatable bonds is 1. The molecule has 1 nitrogen and oxygen atoms in total. The maximum Gasteiger partial charge on any atom is 0.123 e. The molecule has 1 aromatic rings. The van der Waals surface area contributed by atoms with E-state index in [0.29, 0.717) is 0 Å². The van der Waals surface area contributed by atoms with Crippen molar-refractivity contribution < 1.29 is 4.39 Å². The molecule has 1 aromatic carbocycles. The third-order valence-corrected chi connectivity index (χ3v) is 1.32. The minimum atomic E-state index is -0.160. The van der Waals surface area contributed by atoms with Crippen LogP contribution in [-0.4, -0.2) is 0 Å². The van der Waals surface area contributed by atoms with Gasteiger partial charge in [0.05, 0.1) is 0 Å². The minimum absolute atomic E-state index is 0. The molecule has 0 saturated heterocycles. The smallest absolute Gasteiger partial charge is 0.123 e. The van der Waals surface area contributed by atoms with Gasteiger partial charge in [-0.05, 0) is 24.1 Å². The van der Waals surface area contributed by atoms with Crippen LogP contribution < -0.4 is 6.15 Å². The Morgan fingerprint density at radius 3 is 2.10 bits per heavy atom. The largest absolute Gasteiger partial charge is 0.344 e.